The highest BCUT2D eigenvalue weighted by molar-refractivity contribution is 7.92. The minimum Gasteiger partial charge on any atom is -0.315 e. The number of hydroxylamine groups is 1. The van der Waals surface area contributed by atoms with E-state index >= 15 is 0 Å². The van der Waals surface area contributed by atoms with Crippen LogP contribution in [0.3, 0.4) is 0 Å². The zero-order valence-corrected chi connectivity index (χ0v) is 18.8. The van der Waals surface area contributed by atoms with Crippen molar-refractivity contribution in [1.29, 1.82) is 0 Å². The van der Waals surface area contributed by atoms with Crippen LogP contribution in [0.5, 0.6) is 0 Å². The number of hydrogen-bond acceptors (Lipinski definition) is 5. The number of benzene rings is 1. The van der Waals surface area contributed by atoms with Crippen molar-refractivity contribution in [2.45, 2.75) is 62.7 Å². The minimum absolute atomic E-state index is 0.0245. The van der Waals surface area contributed by atoms with Crippen LogP contribution in [0.2, 0.25) is 0 Å². The number of carbonyl (C=O) groups is 1. The molecule has 2 aromatic rings. The van der Waals surface area contributed by atoms with Gasteiger partial charge in [-0.15, -0.1) is 0 Å². The lowest BCUT2D eigenvalue weighted by atomic mass is 9.84. The van der Waals surface area contributed by atoms with Gasteiger partial charge in [0.2, 0.25) is 0 Å². The molecule has 1 aromatic carbocycles. The lowest BCUT2D eigenvalue weighted by Crippen LogP contribution is -2.49. The van der Waals surface area contributed by atoms with Crippen LogP contribution in [-0.4, -0.2) is 35.1 Å². The second-order valence-corrected chi connectivity index (χ2v) is 11.0. The molecule has 8 heteroatoms. The summed E-state index contributed by atoms with van der Waals surface area (Å²) in [5, 5.41) is 8.92. The van der Waals surface area contributed by atoms with Crippen LogP contribution < -0.4 is 11.0 Å². The van der Waals surface area contributed by atoms with Crippen molar-refractivity contribution in [2.75, 3.05) is 6.26 Å². The molecule has 0 aliphatic heterocycles. The average molecular weight is 447 g/mol. The molecular weight excluding hydrogens is 416 g/mol. The molecule has 168 valence electrons. The lowest BCUT2D eigenvalue weighted by Gasteiger charge is -2.25. The summed E-state index contributed by atoms with van der Waals surface area (Å²) in [6.07, 6.45) is 8.74. The van der Waals surface area contributed by atoms with Gasteiger partial charge in [0, 0.05) is 25.1 Å². The van der Waals surface area contributed by atoms with E-state index in [2.05, 4.69) is 12.1 Å². The van der Waals surface area contributed by atoms with Crippen LogP contribution >= 0.6 is 0 Å². The molecule has 1 aliphatic rings. The van der Waals surface area contributed by atoms with Gasteiger partial charge in [0.1, 0.15) is 0 Å². The third-order valence-electron chi connectivity index (χ3n) is 6.55. The molecule has 0 radical (unpaired) electrons. The minimum atomic E-state index is -3.81. The fraction of sp³-hybridized carbons (Fsp3) is 0.478. The number of hydrogen-bond donors (Lipinski definition) is 2. The number of carbonyl (C=O) groups excluding carboxylic acids is 1. The van der Waals surface area contributed by atoms with Crippen molar-refractivity contribution in [3.8, 4) is 11.1 Å². The highest BCUT2D eigenvalue weighted by atomic mass is 32.2. The predicted molar refractivity (Wildman–Crippen MR) is 120 cm³/mol. The van der Waals surface area contributed by atoms with Crippen molar-refractivity contribution in [2.24, 2.45) is 0 Å². The van der Waals surface area contributed by atoms with E-state index in [0.29, 0.717) is 5.92 Å². The molecule has 0 spiro atoms. The molecule has 1 atom stereocenters. The van der Waals surface area contributed by atoms with Crippen molar-refractivity contribution in [3.05, 3.63) is 58.5 Å². The van der Waals surface area contributed by atoms with Gasteiger partial charge in [-0.2, -0.15) is 0 Å². The van der Waals surface area contributed by atoms with E-state index < -0.39 is 20.5 Å². The van der Waals surface area contributed by atoms with Crippen LogP contribution in [0.1, 0.15) is 56.9 Å². The Hall–Kier alpha value is -2.45. The summed E-state index contributed by atoms with van der Waals surface area (Å²) in [6.45, 7) is 1.26. The molecule has 1 heterocycles. The summed E-state index contributed by atoms with van der Waals surface area (Å²) in [4.78, 5) is 24.5. The van der Waals surface area contributed by atoms with Crippen molar-refractivity contribution >= 4 is 15.7 Å². The van der Waals surface area contributed by atoms with Gasteiger partial charge in [-0.3, -0.25) is 14.8 Å². The van der Waals surface area contributed by atoms with Crippen LogP contribution in [0.15, 0.2) is 47.4 Å². The molecule has 1 amide bonds. The maximum absolute atomic E-state index is 12.6. The Morgan fingerprint density at radius 3 is 2.32 bits per heavy atom. The molecule has 1 fully saturated rings. The zero-order valence-electron chi connectivity index (χ0n) is 18.0. The molecule has 1 unspecified atom stereocenters. The van der Waals surface area contributed by atoms with Crippen LogP contribution in [0.4, 0.5) is 0 Å². The molecule has 3 rings (SSSR count). The quantitative estimate of drug-likeness (QED) is 0.502. The van der Waals surface area contributed by atoms with Gasteiger partial charge < -0.3 is 4.57 Å². The Kier molecular flexibility index (Phi) is 7.01. The van der Waals surface area contributed by atoms with E-state index in [4.69, 9.17) is 5.21 Å². The molecule has 2 N–H and O–H groups in total. The molecule has 1 aromatic heterocycles. The zero-order chi connectivity index (χ0) is 22.6. The van der Waals surface area contributed by atoms with Gasteiger partial charge in [-0.05, 0) is 54.9 Å². The first-order valence-electron chi connectivity index (χ1n) is 10.6. The smallest absolute Gasteiger partial charge is 0.264 e. The highest BCUT2D eigenvalue weighted by Crippen LogP contribution is 2.33. The maximum atomic E-state index is 12.6. The normalized spacial score (nSPS) is 17.1. The molecule has 7 nitrogen and oxygen atoms in total. The number of amides is 1. The number of rotatable bonds is 7. The van der Waals surface area contributed by atoms with Gasteiger partial charge in [0.05, 0.1) is 0 Å². The third-order valence-corrected chi connectivity index (χ3v) is 8.57. The Balaban J connectivity index is 1.75. The Morgan fingerprint density at radius 2 is 1.77 bits per heavy atom. The van der Waals surface area contributed by atoms with Crippen LogP contribution in [-0.2, 0) is 21.2 Å². The van der Waals surface area contributed by atoms with E-state index in [1.165, 1.54) is 60.7 Å². The summed E-state index contributed by atoms with van der Waals surface area (Å²) in [5.41, 5.74) is 4.22. The lowest BCUT2D eigenvalue weighted by molar-refractivity contribution is -0.131. The summed E-state index contributed by atoms with van der Waals surface area (Å²) >= 11 is 0. The Morgan fingerprint density at radius 1 is 1.13 bits per heavy atom. The van der Waals surface area contributed by atoms with Crippen LogP contribution in [0, 0.1) is 0 Å². The SMILES string of the molecule is CC(CCn1ccc(-c2ccc(C3CCCCC3)cc2)cc1=O)(C(=O)NO)S(C)(=O)=O. The number of sulfone groups is 1. The van der Waals surface area contributed by atoms with Gasteiger partial charge >= 0.3 is 0 Å². The van der Waals surface area contributed by atoms with Crippen molar-refractivity contribution in [1.82, 2.24) is 10.0 Å². The largest absolute Gasteiger partial charge is 0.315 e. The monoisotopic (exact) mass is 446 g/mol. The van der Waals surface area contributed by atoms with Crippen molar-refractivity contribution in [3.63, 3.8) is 0 Å². The van der Waals surface area contributed by atoms with Crippen molar-refractivity contribution < 1.29 is 18.4 Å². The first-order valence-corrected chi connectivity index (χ1v) is 12.5. The maximum Gasteiger partial charge on any atom is 0.264 e. The van der Waals surface area contributed by atoms with Gasteiger partial charge in [-0.1, -0.05) is 43.5 Å². The molecule has 0 bridgehead atoms. The van der Waals surface area contributed by atoms with E-state index in [-0.39, 0.29) is 18.5 Å². The number of pyridine rings is 1. The number of aromatic nitrogens is 1. The molecule has 0 saturated heterocycles. The Bertz CT molecular complexity index is 1090. The molecule has 31 heavy (non-hydrogen) atoms. The summed E-state index contributed by atoms with van der Waals surface area (Å²) in [6, 6.07) is 11.7. The second kappa shape index (κ2) is 9.36. The van der Waals surface area contributed by atoms with E-state index in [0.717, 1.165) is 17.4 Å². The number of nitrogens with zero attached hydrogens (tertiary/aromatic N) is 1. The second-order valence-electron chi connectivity index (χ2n) is 8.60. The van der Waals surface area contributed by atoms with Gasteiger partial charge in [-0.25, -0.2) is 13.9 Å². The topological polar surface area (TPSA) is 105 Å². The van der Waals surface area contributed by atoms with E-state index in [9.17, 15) is 18.0 Å². The highest BCUT2D eigenvalue weighted by Gasteiger charge is 2.43. The summed E-state index contributed by atoms with van der Waals surface area (Å²) in [5.74, 6) is -0.395. The first-order chi connectivity index (χ1) is 14.7. The number of aryl methyl sites for hydroxylation is 1. The predicted octanol–water partition coefficient (Wildman–Crippen LogP) is 3.26. The fourth-order valence-corrected chi connectivity index (χ4v) is 5.02. The van der Waals surface area contributed by atoms with Gasteiger partial charge in [0.15, 0.2) is 14.6 Å². The Labute approximate surface area is 183 Å². The standard InChI is InChI=1S/C23H30N2O5S/c1-23(22(27)24-28,31(2,29)30)13-15-25-14-12-20(16-21(25)26)19-10-8-18(9-11-19)17-6-4-3-5-7-17/h8-12,14,16-17,28H,3-7,13,15H2,1-2H3,(H,24,27). The van der Waals surface area contributed by atoms with E-state index in [1.54, 1.807) is 12.3 Å². The summed E-state index contributed by atoms with van der Waals surface area (Å²) < 4.78 is 23.7. The fourth-order valence-electron chi connectivity index (χ4n) is 4.18. The molecular formula is C23H30N2O5S. The van der Waals surface area contributed by atoms with E-state index in [1.807, 2.05) is 12.1 Å². The third kappa shape index (κ3) is 5.07. The van der Waals surface area contributed by atoms with Gasteiger partial charge in [0.25, 0.3) is 11.5 Å². The molecule has 1 aliphatic carbocycles. The first kappa shape index (κ1) is 23.2. The molecule has 1 saturated carbocycles. The average Bonchev–Trinajstić information content (AvgIpc) is 2.77. The summed E-state index contributed by atoms with van der Waals surface area (Å²) in [7, 11) is -3.81. The number of nitrogens with one attached hydrogen (secondary N) is 1. The van der Waals surface area contributed by atoms with Crippen LogP contribution in [0.25, 0.3) is 11.1 Å².